The molecule has 1 amide bonds. The third-order valence-corrected chi connectivity index (χ3v) is 6.28. The summed E-state index contributed by atoms with van der Waals surface area (Å²) in [6.07, 6.45) is 9.42. The Labute approximate surface area is 164 Å². The van der Waals surface area contributed by atoms with Gasteiger partial charge >= 0.3 is 5.97 Å². The molecule has 2 saturated heterocycles. The van der Waals surface area contributed by atoms with E-state index in [9.17, 15) is 14.7 Å². The molecule has 150 valence electrons. The molecule has 0 aliphatic carbocycles. The van der Waals surface area contributed by atoms with Gasteiger partial charge in [0.2, 0.25) is 0 Å². The van der Waals surface area contributed by atoms with Crippen LogP contribution >= 0.6 is 11.8 Å². The third-order valence-electron chi connectivity index (χ3n) is 5.40. The van der Waals surface area contributed by atoms with E-state index in [-0.39, 0.29) is 23.7 Å². The Morgan fingerprint density at radius 1 is 1.30 bits per heavy atom. The summed E-state index contributed by atoms with van der Waals surface area (Å²) in [4.78, 5) is 23.9. The Morgan fingerprint density at radius 3 is 2.85 bits per heavy atom. The van der Waals surface area contributed by atoms with Crippen LogP contribution in [-0.4, -0.2) is 46.1 Å². The SMILES string of the molecule is C/C1=C/C(=O)OC2C[C@@H](CCC(C)/C=C\CC1)OC(O)(C1CSC(=O)N1)C2. The Morgan fingerprint density at radius 2 is 2.11 bits per heavy atom. The Hall–Kier alpha value is -1.31. The maximum absolute atomic E-state index is 12.3. The molecule has 3 aliphatic rings. The number of hydrogen-bond acceptors (Lipinski definition) is 6. The van der Waals surface area contributed by atoms with Gasteiger partial charge in [0.05, 0.1) is 12.1 Å². The van der Waals surface area contributed by atoms with Crippen LogP contribution in [0.2, 0.25) is 0 Å². The van der Waals surface area contributed by atoms with E-state index in [2.05, 4.69) is 24.4 Å². The predicted octanol–water partition coefficient (Wildman–Crippen LogP) is 3.30. The number of amides is 1. The van der Waals surface area contributed by atoms with Gasteiger partial charge in [0.1, 0.15) is 6.10 Å². The van der Waals surface area contributed by atoms with Crippen LogP contribution in [-0.2, 0) is 14.3 Å². The van der Waals surface area contributed by atoms with Gasteiger partial charge in [0, 0.05) is 24.7 Å². The minimum atomic E-state index is -1.51. The van der Waals surface area contributed by atoms with Crippen molar-refractivity contribution in [2.45, 2.75) is 76.4 Å². The molecule has 0 spiro atoms. The first-order valence-electron chi connectivity index (χ1n) is 9.72. The maximum Gasteiger partial charge on any atom is 0.330 e. The smallest absolute Gasteiger partial charge is 0.330 e. The highest BCUT2D eigenvalue weighted by atomic mass is 32.2. The standard InChI is InChI=1S/C20H29NO5S/c1-13-5-3-4-6-14(2)9-18(22)25-16-10-15(8-7-13)26-20(24,11-16)17-12-27-19(23)21-17/h3,5,9,13,15-17,24H,4,6-8,10-12H2,1-2H3,(H,21,23)/b5-3-,14-9-/t13?,15-,16?,17?,20?/m1/s1. The molecular weight excluding hydrogens is 366 g/mol. The summed E-state index contributed by atoms with van der Waals surface area (Å²) < 4.78 is 11.7. The second-order valence-corrected chi connectivity index (χ2v) is 8.88. The van der Waals surface area contributed by atoms with E-state index in [1.165, 1.54) is 0 Å². The van der Waals surface area contributed by atoms with E-state index >= 15 is 0 Å². The van der Waals surface area contributed by atoms with Crippen LogP contribution in [0.25, 0.3) is 0 Å². The van der Waals surface area contributed by atoms with Crippen molar-refractivity contribution in [2.75, 3.05) is 5.75 Å². The van der Waals surface area contributed by atoms with Gasteiger partial charge in [-0.1, -0.05) is 36.4 Å². The highest BCUT2D eigenvalue weighted by Crippen LogP contribution is 2.37. The molecule has 0 saturated carbocycles. The Kier molecular flexibility index (Phi) is 6.65. The number of aliphatic hydroxyl groups is 1. The quantitative estimate of drug-likeness (QED) is 0.523. The molecule has 0 radical (unpaired) electrons. The summed E-state index contributed by atoms with van der Waals surface area (Å²) in [5, 5.41) is 13.7. The molecule has 3 aliphatic heterocycles. The summed E-state index contributed by atoms with van der Waals surface area (Å²) in [5.74, 6) is -1.03. The van der Waals surface area contributed by atoms with Gasteiger partial charge < -0.3 is 19.9 Å². The van der Waals surface area contributed by atoms with Crippen LogP contribution in [0.4, 0.5) is 4.79 Å². The van der Waals surface area contributed by atoms with Crippen molar-refractivity contribution in [2.24, 2.45) is 5.92 Å². The van der Waals surface area contributed by atoms with E-state index in [0.29, 0.717) is 18.1 Å². The second-order valence-electron chi connectivity index (χ2n) is 7.89. The molecular formula is C20H29NO5S. The van der Waals surface area contributed by atoms with Crippen molar-refractivity contribution in [1.29, 1.82) is 0 Å². The van der Waals surface area contributed by atoms with Gasteiger partial charge in [-0.25, -0.2) is 4.79 Å². The average Bonchev–Trinajstić information content (AvgIpc) is 3.03. The lowest BCUT2D eigenvalue weighted by molar-refractivity contribution is -0.283. The lowest BCUT2D eigenvalue weighted by Gasteiger charge is -2.43. The van der Waals surface area contributed by atoms with Crippen LogP contribution in [0.5, 0.6) is 0 Å². The molecule has 2 N–H and O–H groups in total. The molecule has 7 heteroatoms. The van der Waals surface area contributed by atoms with Gasteiger partial charge in [-0.15, -0.1) is 0 Å². The highest BCUT2D eigenvalue weighted by Gasteiger charge is 2.49. The van der Waals surface area contributed by atoms with Gasteiger partial charge in [-0.3, -0.25) is 4.79 Å². The minimum absolute atomic E-state index is 0.160. The number of esters is 1. The number of allylic oxidation sites excluding steroid dienone is 3. The largest absolute Gasteiger partial charge is 0.459 e. The summed E-state index contributed by atoms with van der Waals surface area (Å²) in [7, 11) is 0. The predicted molar refractivity (Wildman–Crippen MR) is 104 cm³/mol. The van der Waals surface area contributed by atoms with E-state index in [0.717, 1.165) is 43.0 Å². The number of carbonyl (C=O) groups is 2. The van der Waals surface area contributed by atoms with Crippen LogP contribution in [0, 0.1) is 5.92 Å². The molecule has 0 aromatic heterocycles. The van der Waals surface area contributed by atoms with Crippen molar-refractivity contribution in [1.82, 2.24) is 5.32 Å². The van der Waals surface area contributed by atoms with Gasteiger partial charge in [0.15, 0.2) is 5.79 Å². The van der Waals surface area contributed by atoms with Crippen molar-refractivity contribution < 1.29 is 24.2 Å². The van der Waals surface area contributed by atoms with E-state index in [1.807, 2.05) is 6.92 Å². The Balaban J connectivity index is 1.78. The van der Waals surface area contributed by atoms with Crippen LogP contribution in [0.15, 0.2) is 23.8 Å². The third kappa shape index (κ3) is 5.59. The summed E-state index contributed by atoms with van der Waals surface area (Å²) in [6, 6.07) is -0.493. The molecule has 5 atom stereocenters. The molecule has 6 nitrogen and oxygen atoms in total. The van der Waals surface area contributed by atoms with Gasteiger partial charge in [-0.05, 0) is 38.5 Å². The molecule has 3 rings (SSSR count). The molecule has 2 fully saturated rings. The van der Waals surface area contributed by atoms with Gasteiger partial charge in [-0.2, -0.15) is 0 Å². The number of fused-ring (bicyclic) bond motifs is 2. The number of hydrogen-bond donors (Lipinski definition) is 2. The fraction of sp³-hybridized carbons (Fsp3) is 0.700. The minimum Gasteiger partial charge on any atom is -0.459 e. The lowest BCUT2D eigenvalue weighted by Crippen LogP contribution is -2.58. The van der Waals surface area contributed by atoms with Gasteiger partial charge in [0.25, 0.3) is 5.24 Å². The zero-order chi connectivity index (χ0) is 19.4. The molecule has 2 bridgehead atoms. The summed E-state index contributed by atoms with van der Waals surface area (Å²) in [5.41, 5.74) is 0.979. The topological polar surface area (TPSA) is 84.9 Å². The second kappa shape index (κ2) is 8.80. The summed E-state index contributed by atoms with van der Waals surface area (Å²) >= 11 is 1.14. The zero-order valence-corrected chi connectivity index (χ0v) is 16.8. The van der Waals surface area contributed by atoms with Crippen molar-refractivity contribution in [3.8, 4) is 0 Å². The van der Waals surface area contributed by atoms with E-state index in [1.54, 1.807) is 6.08 Å². The number of thioether (sulfide) groups is 1. The first-order chi connectivity index (χ1) is 12.8. The zero-order valence-electron chi connectivity index (χ0n) is 16.0. The number of nitrogens with one attached hydrogen (secondary N) is 1. The number of carbonyl (C=O) groups excluding carboxylic acids is 2. The van der Waals surface area contributed by atoms with Crippen molar-refractivity contribution in [3.05, 3.63) is 23.8 Å². The number of rotatable bonds is 1. The molecule has 27 heavy (non-hydrogen) atoms. The lowest BCUT2D eigenvalue weighted by atomic mass is 9.90. The average molecular weight is 396 g/mol. The highest BCUT2D eigenvalue weighted by molar-refractivity contribution is 8.14. The van der Waals surface area contributed by atoms with Crippen molar-refractivity contribution in [3.63, 3.8) is 0 Å². The first-order valence-corrected chi connectivity index (χ1v) is 10.7. The first kappa shape index (κ1) is 20.4. The van der Waals surface area contributed by atoms with Crippen molar-refractivity contribution >= 4 is 23.0 Å². The fourth-order valence-electron chi connectivity index (χ4n) is 3.86. The molecule has 4 unspecified atom stereocenters. The fourth-order valence-corrected chi connectivity index (χ4v) is 4.75. The summed E-state index contributed by atoms with van der Waals surface area (Å²) in [6.45, 7) is 4.10. The Bertz CT molecular complexity index is 634. The van der Waals surface area contributed by atoms with E-state index < -0.39 is 17.9 Å². The monoisotopic (exact) mass is 395 g/mol. The van der Waals surface area contributed by atoms with Crippen LogP contribution in [0.1, 0.15) is 52.4 Å². The maximum atomic E-state index is 12.3. The molecule has 0 aromatic carbocycles. The van der Waals surface area contributed by atoms with E-state index in [4.69, 9.17) is 9.47 Å². The van der Waals surface area contributed by atoms with Crippen LogP contribution < -0.4 is 5.32 Å². The molecule has 3 heterocycles. The normalized spacial score (nSPS) is 41.7. The molecule has 0 aromatic rings. The number of ether oxygens (including phenoxy) is 2. The van der Waals surface area contributed by atoms with Crippen LogP contribution in [0.3, 0.4) is 0 Å².